The molecule has 0 saturated carbocycles. The number of hydrogen-bond acceptors (Lipinski definition) is 7. The van der Waals surface area contributed by atoms with Crippen LogP contribution >= 0.6 is 11.6 Å². The number of fused-ring (bicyclic) bond motifs is 1. The fourth-order valence-corrected chi connectivity index (χ4v) is 7.58. The molecule has 1 heterocycles. The summed E-state index contributed by atoms with van der Waals surface area (Å²) in [6, 6.07) is 16.9. The quantitative estimate of drug-likeness (QED) is 0.105. The Morgan fingerprint density at radius 1 is 1.04 bits per heavy atom. The maximum Gasteiger partial charge on any atom is 0.309 e. The lowest BCUT2D eigenvalue weighted by Crippen LogP contribution is -2.55. The summed E-state index contributed by atoms with van der Waals surface area (Å²) in [5.74, 6) is 2.38. The number of nitrogens with zero attached hydrogens (tertiary/aromatic N) is 1. The zero-order valence-corrected chi connectivity index (χ0v) is 32.0. The second kappa shape index (κ2) is 17.3. The van der Waals surface area contributed by atoms with Gasteiger partial charge in [0.25, 0.3) is 0 Å². The normalized spacial score (nSPS) is 17.8. The average molecular weight is 705 g/mol. The molecule has 2 aliphatic rings. The minimum atomic E-state index is -0.199. The largest absolute Gasteiger partial charge is 0.493 e. The summed E-state index contributed by atoms with van der Waals surface area (Å²) in [5.41, 5.74) is 7.57. The molecular weight excluding hydrogens is 648 g/mol. The van der Waals surface area contributed by atoms with Gasteiger partial charge in [-0.25, -0.2) is 0 Å². The molecule has 5 rings (SSSR count). The number of benzene rings is 3. The van der Waals surface area contributed by atoms with E-state index in [0.29, 0.717) is 35.4 Å². The first-order chi connectivity index (χ1) is 24.1. The minimum Gasteiger partial charge on any atom is -0.493 e. The molecule has 50 heavy (non-hydrogen) atoms. The predicted octanol–water partition coefficient (Wildman–Crippen LogP) is 9.00. The van der Waals surface area contributed by atoms with Crippen LogP contribution in [0, 0.1) is 18.8 Å². The first kappa shape index (κ1) is 38.0. The van der Waals surface area contributed by atoms with Gasteiger partial charge in [0.05, 0.1) is 31.3 Å². The summed E-state index contributed by atoms with van der Waals surface area (Å²) in [5, 5.41) is 4.03. The third-order valence-corrected chi connectivity index (χ3v) is 11.0. The van der Waals surface area contributed by atoms with Gasteiger partial charge >= 0.3 is 5.97 Å². The van der Waals surface area contributed by atoms with Gasteiger partial charge in [0, 0.05) is 31.2 Å². The number of nitrogens with one attached hydrogen (secondary N) is 1. The Hall–Kier alpha value is -3.26. The maximum absolute atomic E-state index is 11.8. The van der Waals surface area contributed by atoms with Crippen LogP contribution in [0.5, 0.6) is 17.2 Å². The van der Waals surface area contributed by atoms with E-state index < -0.39 is 0 Å². The van der Waals surface area contributed by atoms with Crippen LogP contribution in [0.2, 0.25) is 5.02 Å². The number of halogens is 1. The Morgan fingerprint density at radius 2 is 1.82 bits per heavy atom. The molecule has 8 heteroatoms. The molecule has 3 atom stereocenters. The first-order valence-corrected chi connectivity index (χ1v) is 18.9. The molecule has 1 aliphatic heterocycles. The molecule has 1 saturated heterocycles. The van der Waals surface area contributed by atoms with Gasteiger partial charge in [-0.05, 0) is 118 Å². The lowest BCUT2D eigenvalue weighted by molar-refractivity contribution is -0.144. The number of likely N-dealkylation sites (tertiary alicyclic amines) is 1. The number of hydrogen-bond donors (Lipinski definition) is 1. The number of methoxy groups -OCH3 is 1. The number of rotatable bonds is 18. The van der Waals surface area contributed by atoms with Crippen LogP contribution in [0.4, 0.5) is 0 Å². The molecule has 0 aromatic heterocycles. The summed E-state index contributed by atoms with van der Waals surface area (Å²) in [4.78, 5) is 14.3. The molecule has 3 aromatic carbocycles. The summed E-state index contributed by atoms with van der Waals surface area (Å²) in [6.07, 6.45) is 5.79. The van der Waals surface area contributed by atoms with E-state index in [1.807, 2.05) is 26.0 Å². The molecule has 7 nitrogen and oxygen atoms in total. The van der Waals surface area contributed by atoms with Crippen molar-refractivity contribution in [3.63, 3.8) is 0 Å². The Bertz CT molecular complexity index is 1610. The van der Waals surface area contributed by atoms with Crippen LogP contribution in [0.15, 0.2) is 48.5 Å². The highest BCUT2D eigenvalue weighted by molar-refractivity contribution is 6.32. The van der Waals surface area contributed by atoms with Crippen molar-refractivity contribution in [2.24, 2.45) is 11.8 Å². The number of carbonyl (C=O) groups excluding carboxylic acids is 1. The lowest BCUT2D eigenvalue weighted by atomic mass is 9.89. The summed E-state index contributed by atoms with van der Waals surface area (Å²) in [7, 11) is 1.43. The summed E-state index contributed by atoms with van der Waals surface area (Å²) < 4.78 is 24.0. The molecule has 1 fully saturated rings. The van der Waals surface area contributed by atoms with E-state index in [1.165, 1.54) is 47.9 Å². The predicted molar refractivity (Wildman–Crippen MR) is 203 cm³/mol. The minimum absolute atomic E-state index is 0.0994. The van der Waals surface area contributed by atoms with Crippen molar-refractivity contribution in [3.05, 3.63) is 75.8 Å². The van der Waals surface area contributed by atoms with Gasteiger partial charge in [0.15, 0.2) is 0 Å². The third kappa shape index (κ3) is 8.96. The highest BCUT2D eigenvalue weighted by atomic mass is 35.5. The fraction of sp³-hybridized carbons (Fsp3) is 0.548. The summed E-state index contributed by atoms with van der Waals surface area (Å²) in [6.45, 7) is 17.8. The van der Waals surface area contributed by atoms with E-state index in [9.17, 15) is 4.79 Å². The molecule has 1 N–H and O–H groups in total. The van der Waals surface area contributed by atoms with Crippen LogP contribution in [0.3, 0.4) is 0 Å². The van der Waals surface area contributed by atoms with Gasteiger partial charge in [-0.15, -0.1) is 0 Å². The average Bonchev–Trinajstić information content (AvgIpc) is 3.52. The van der Waals surface area contributed by atoms with Crippen molar-refractivity contribution < 1.29 is 23.7 Å². The zero-order valence-electron chi connectivity index (χ0n) is 31.2. The van der Waals surface area contributed by atoms with Crippen LogP contribution < -0.4 is 19.5 Å². The van der Waals surface area contributed by atoms with E-state index in [2.05, 4.69) is 74.3 Å². The van der Waals surface area contributed by atoms with E-state index in [0.717, 1.165) is 68.9 Å². The Balaban J connectivity index is 1.26. The van der Waals surface area contributed by atoms with Gasteiger partial charge in [-0.3, -0.25) is 9.69 Å². The van der Waals surface area contributed by atoms with Gasteiger partial charge in [-0.1, -0.05) is 62.2 Å². The molecule has 0 radical (unpaired) electrons. The third-order valence-electron chi connectivity index (χ3n) is 10.7. The Labute approximate surface area is 305 Å². The van der Waals surface area contributed by atoms with Crippen LogP contribution in [0.1, 0.15) is 88.7 Å². The fourth-order valence-electron chi connectivity index (χ4n) is 7.35. The standard InChI is InChI=1S/C42H57ClN2O5/c1-8-30(27-44-26-28(3)41(46)47-7)23-31-24-36(43)40(25-39(31)48-9-2)50-38-18-17-34-33(14-10-15-35(34)38)32-13-11-16-37(29(32)4)49-22-12-20-45-21-19-42(45,5)6/h10-11,13-16,24-25,28,30,38,44H,8-9,12,17-23,26-27H2,1-7H3/t28?,30?,38-/m0/s1. The van der Waals surface area contributed by atoms with Crippen LogP contribution in [-0.4, -0.2) is 62.9 Å². The molecular formula is C42H57ClN2O5. The molecule has 3 aromatic rings. The number of esters is 1. The van der Waals surface area contributed by atoms with Crippen LogP contribution in [-0.2, 0) is 22.4 Å². The van der Waals surface area contributed by atoms with Gasteiger partial charge in [0.2, 0.25) is 0 Å². The summed E-state index contributed by atoms with van der Waals surface area (Å²) >= 11 is 6.93. The van der Waals surface area contributed by atoms with Crippen LogP contribution in [0.25, 0.3) is 11.1 Å². The van der Waals surface area contributed by atoms with Crippen molar-refractivity contribution in [1.29, 1.82) is 0 Å². The second-order valence-corrected chi connectivity index (χ2v) is 15.0. The first-order valence-electron chi connectivity index (χ1n) is 18.6. The Kier molecular flexibility index (Phi) is 13.1. The van der Waals surface area contributed by atoms with Crippen molar-refractivity contribution >= 4 is 17.6 Å². The highest BCUT2D eigenvalue weighted by Gasteiger charge is 2.35. The van der Waals surface area contributed by atoms with Crippen molar-refractivity contribution in [3.8, 4) is 28.4 Å². The molecule has 272 valence electrons. The van der Waals surface area contributed by atoms with E-state index >= 15 is 0 Å². The molecule has 1 aliphatic carbocycles. The number of carbonyl (C=O) groups is 1. The smallest absolute Gasteiger partial charge is 0.309 e. The molecule has 0 bridgehead atoms. The lowest BCUT2D eigenvalue weighted by Gasteiger charge is -2.48. The Morgan fingerprint density at radius 3 is 2.52 bits per heavy atom. The van der Waals surface area contributed by atoms with E-state index in [4.69, 9.17) is 30.5 Å². The van der Waals surface area contributed by atoms with Gasteiger partial charge < -0.3 is 24.3 Å². The number of ether oxygens (including phenoxy) is 4. The second-order valence-electron chi connectivity index (χ2n) is 14.6. The van der Waals surface area contributed by atoms with E-state index in [1.54, 1.807) is 0 Å². The van der Waals surface area contributed by atoms with Crippen molar-refractivity contribution in [2.75, 3.05) is 46.5 Å². The maximum atomic E-state index is 11.8. The van der Waals surface area contributed by atoms with Gasteiger partial charge in [0.1, 0.15) is 23.4 Å². The zero-order chi connectivity index (χ0) is 35.8. The topological polar surface area (TPSA) is 69.3 Å². The van der Waals surface area contributed by atoms with Crippen molar-refractivity contribution in [1.82, 2.24) is 10.2 Å². The molecule has 0 amide bonds. The molecule has 0 spiro atoms. The SMILES string of the molecule is CCOc1cc(O[C@H]2CCc3c(-c4cccc(OCCCN5CCC5(C)C)c4C)cccc32)c(Cl)cc1CC(CC)CNCC(C)C(=O)OC. The van der Waals surface area contributed by atoms with E-state index in [-0.39, 0.29) is 18.0 Å². The van der Waals surface area contributed by atoms with Crippen molar-refractivity contribution in [2.45, 2.75) is 91.7 Å². The van der Waals surface area contributed by atoms with Gasteiger partial charge in [-0.2, -0.15) is 0 Å². The monoisotopic (exact) mass is 704 g/mol. The highest BCUT2D eigenvalue weighted by Crippen LogP contribution is 2.44. The molecule has 2 unspecified atom stereocenters.